The number of aromatic nitrogens is 1. The van der Waals surface area contributed by atoms with Crippen LogP contribution in [0.15, 0.2) is 59.6 Å². The number of carbonyl (C=O) groups is 1. The van der Waals surface area contributed by atoms with Gasteiger partial charge in [-0.2, -0.15) is 13.2 Å². The van der Waals surface area contributed by atoms with Crippen molar-refractivity contribution >= 4 is 34.3 Å². The van der Waals surface area contributed by atoms with Crippen molar-refractivity contribution in [2.45, 2.75) is 18.1 Å². The van der Waals surface area contributed by atoms with Crippen LogP contribution in [0.25, 0.3) is 10.9 Å². The monoisotopic (exact) mass is 376 g/mol. The molecule has 0 aliphatic rings. The van der Waals surface area contributed by atoms with Gasteiger partial charge in [0.1, 0.15) is 5.03 Å². The van der Waals surface area contributed by atoms with Crippen molar-refractivity contribution in [1.82, 2.24) is 4.98 Å². The van der Waals surface area contributed by atoms with Crippen LogP contribution in [0.5, 0.6) is 0 Å². The van der Waals surface area contributed by atoms with Gasteiger partial charge >= 0.3 is 6.18 Å². The molecule has 134 valence electrons. The average Bonchev–Trinajstić information content (AvgIpc) is 2.59. The zero-order valence-electron chi connectivity index (χ0n) is 13.8. The molecule has 0 atom stereocenters. The number of hydrogen-bond acceptors (Lipinski definition) is 3. The molecule has 1 heterocycles. The molecule has 0 fully saturated rings. The first kappa shape index (κ1) is 18.3. The summed E-state index contributed by atoms with van der Waals surface area (Å²) in [4.78, 5) is 16.6. The third-order valence-electron chi connectivity index (χ3n) is 3.71. The molecule has 7 heteroatoms. The normalized spacial score (nSPS) is 11.5. The van der Waals surface area contributed by atoms with E-state index >= 15 is 0 Å². The van der Waals surface area contributed by atoms with E-state index in [4.69, 9.17) is 0 Å². The second-order valence-corrected chi connectivity index (χ2v) is 6.65. The van der Waals surface area contributed by atoms with Crippen molar-refractivity contribution in [2.75, 3.05) is 11.1 Å². The number of fused-ring (bicyclic) bond motifs is 1. The van der Waals surface area contributed by atoms with E-state index in [1.54, 1.807) is 0 Å². The lowest BCUT2D eigenvalue weighted by Gasteiger charge is -2.13. The van der Waals surface area contributed by atoms with Gasteiger partial charge < -0.3 is 5.32 Å². The second kappa shape index (κ2) is 7.37. The molecule has 1 N–H and O–H groups in total. The van der Waals surface area contributed by atoms with E-state index in [1.165, 1.54) is 30.0 Å². The Morgan fingerprint density at radius 1 is 1.12 bits per heavy atom. The Labute approximate surface area is 152 Å². The molecule has 3 nitrogen and oxygen atoms in total. The van der Waals surface area contributed by atoms with E-state index in [9.17, 15) is 18.0 Å². The maximum atomic E-state index is 13.0. The number of amides is 1. The average molecular weight is 376 g/mol. The number of pyridine rings is 1. The largest absolute Gasteiger partial charge is 0.418 e. The summed E-state index contributed by atoms with van der Waals surface area (Å²) in [5.74, 6) is -0.542. The zero-order valence-corrected chi connectivity index (χ0v) is 14.6. The zero-order chi connectivity index (χ0) is 18.7. The van der Waals surface area contributed by atoms with Crippen LogP contribution < -0.4 is 5.32 Å². The van der Waals surface area contributed by atoms with Crippen LogP contribution in [-0.2, 0) is 11.0 Å². The van der Waals surface area contributed by atoms with Gasteiger partial charge in [0.05, 0.1) is 22.5 Å². The lowest BCUT2D eigenvalue weighted by atomic mass is 10.1. The van der Waals surface area contributed by atoms with E-state index in [0.717, 1.165) is 22.5 Å². The van der Waals surface area contributed by atoms with Crippen LogP contribution in [0.1, 0.15) is 11.1 Å². The summed E-state index contributed by atoms with van der Waals surface area (Å²) >= 11 is 1.20. The van der Waals surface area contributed by atoms with Gasteiger partial charge in [0, 0.05) is 5.39 Å². The second-order valence-electron chi connectivity index (χ2n) is 5.68. The van der Waals surface area contributed by atoms with E-state index in [0.29, 0.717) is 5.03 Å². The van der Waals surface area contributed by atoms with Gasteiger partial charge in [-0.05, 0) is 36.8 Å². The number of nitrogens with one attached hydrogen (secondary N) is 1. The minimum Gasteiger partial charge on any atom is -0.325 e. The van der Waals surface area contributed by atoms with Crippen molar-refractivity contribution in [3.8, 4) is 0 Å². The molecule has 26 heavy (non-hydrogen) atoms. The van der Waals surface area contributed by atoms with Crippen molar-refractivity contribution in [3.05, 3.63) is 65.7 Å². The standard InChI is InChI=1S/C19H15F3N2OS/c1-12-10-13-6-2-4-8-15(13)24-18(12)26-11-17(25)23-16-9-5-3-7-14(16)19(20,21)22/h2-10H,11H2,1H3,(H,23,25). The number of aryl methyl sites for hydroxylation is 1. The molecule has 0 unspecified atom stereocenters. The number of carbonyl (C=O) groups excluding carboxylic acids is 1. The molecular formula is C19H15F3N2OS. The highest BCUT2D eigenvalue weighted by Crippen LogP contribution is 2.34. The summed E-state index contributed by atoms with van der Waals surface area (Å²) in [6.45, 7) is 1.89. The molecule has 0 saturated carbocycles. The maximum absolute atomic E-state index is 13.0. The van der Waals surface area contributed by atoms with Gasteiger partial charge in [-0.15, -0.1) is 0 Å². The number of nitrogens with zero attached hydrogens (tertiary/aromatic N) is 1. The van der Waals surface area contributed by atoms with Gasteiger partial charge in [0.2, 0.25) is 5.91 Å². The minimum absolute atomic E-state index is 0.0294. The number of benzene rings is 2. The SMILES string of the molecule is Cc1cc2ccccc2nc1SCC(=O)Nc1ccccc1C(F)(F)F. The van der Waals surface area contributed by atoms with Crippen molar-refractivity contribution in [2.24, 2.45) is 0 Å². The summed E-state index contributed by atoms with van der Waals surface area (Å²) in [5.41, 5.74) is 0.618. The Bertz CT molecular complexity index is 957. The Kier molecular flexibility index (Phi) is 5.18. The molecule has 0 spiro atoms. The van der Waals surface area contributed by atoms with E-state index in [2.05, 4.69) is 10.3 Å². The van der Waals surface area contributed by atoms with Crippen LogP contribution in [0.4, 0.5) is 18.9 Å². The minimum atomic E-state index is -4.52. The first-order valence-electron chi connectivity index (χ1n) is 7.80. The fourth-order valence-corrected chi connectivity index (χ4v) is 3.30. The lowest BCUT2D eigenvalue weighted by molar-refractivity contribution is -0.137. The molecule has 1 amide bonds. The Morgan fingerprint density at radius 2 is 1.81 bits per heavy atom. The summed E-state index contributed by atoms with van der Waals surface area (Å²) < 4.78 is 39.0. The highest BCUT2D eigenvalue weighted by atomic mass is 32.2. The first-order valence-corrected chi connectivity index (χ1v) is 8.78. The van der Waals surface area contributed by atoms with Crippen molar-refractivity contribution < 1.29 is 18.0 Å². The van der Waals surface area contributed by atoms with Gasteiger partial charge in [-0.25, -0.2) is 4.98 Å². The number of alkyl halides is 3. The van der Waals surface area contributed by atoms with E-state index in [1.807, 2.05) is 37.3 Å². The molecule has 0 aliphatic heterocycles. The van der Waals surface area contributed by atoms with E-state index in [-0.39, 0.29) is 11.4 Å². The summed E-state index contributed by atoms with van der Waals surface area (Å²) in [6, 6.07) is 14.5. The molecule has 0 aliphatic carbocycles. The summed E-state index contributed by atoms with van der Waals surface area (Å²) in [5, 5.41) is 4.02. The molecule has 0 saturated heterocycles. The molecule has 0 radical (unpaired) electrons. The number of halogens is 3. The molecule has 0 bridgehead atoms. The highest BCUT2D eigenvalue weighted by molar-refractivity contribution is 8.00. The lowest BCUT2D eigenvalue weighted by Crippen LogP contribution is -2.18. The predicted octanol–water partition coefficient (Wildman–Crippen LogP) is 5.29. The molecule has 2 aromatic carbocycles. The van der Waals surface area contributed by atoms with Crippen LogP contribution in [0, 0.1) is 6.92 Å². The van der Waals surface area contributed by atoms with Crippen LogP contribution in [-0.4, -0.2) is 16.6 Å². The quantitative estimate of drug-likeness (QED) is 0.629. The Hall–Kier alpha value is -2.54. The topological polar surface area (TPSA) is 42.0 Å². The third-order valence-corrected chi connectivity index (χ3v) is 4.81. The summed E-state index contributed by atoms with van der Waals surface area (Å²) in [7, 11) is 0. The van der Waals surface area contributed by atoms with Crippen LogP contribution in [0.2, 0.25) is 0 Å². The third kappa shape index (κ3) is 4.16. The number of para-hydroxylation sites is 2. The van der Waals surface area contributed by atoms with Crippen molar-refractivity contribution in [3.63, 3.8) is 0 Å². The number of anilines is 1. The summed E-state index contributed by atoms with van der Waals surface area (Å²) in [6.07, 6.45) is -4.52. The van der Waals surface area contributed by atoms with Gasteiger partial charge in [-0.1, -0.05) is 42.1 Å². The predicted molar refractivity (Wildman–Crippen MR) is 97.3 cm³/mol. The van der Waals surface area contributed by atoms with Crippen LogP contribution >= 0.6 is 11.8 Å². The van der Waals surface area contributed by atoms with Gasteiger partial charge in [0.25, 0.3) is 0 Å². The smallest absolute Gasteiger partial charge is 0.325 e. The Morgan fingerprint density at radius 3 is 2.58 bits per heavy atom. The molecule has 3 rings (SSSR count). The molecule has 3 aromatic rings. The number of rotatable bonds is 4. The highest BCUT2D eigenvalue weighted by Gasteiger charge is 2.33. The first-order chi connectivity index (χ1) is 12.3. The van der Waals surface area contributed by atoms with Crippen molar-refractivity contribution in [1.29, 1.82) is 0 Å². The maximum Gasteiger partial charge on any atom is 0.418 e. The van der Waals surface area contributed by atoms with Crippen LogP contribution in [0.3, 0.4) is 0 Å². The molecular weight excluding hydrogens is 361 g/mol. The number of hydrogen-bond donors (Lipinski definition) is 1. The van der Waals surface area contributed by atoms with Gasteiger partial charge in [0.15, 0.2) is 0 Å². The van der Waals surface area contributed by atoms with Gasteiger partial charge in [-0.3, -0.25) is 4.79 Å². The van der Waals surface area contributed by atoms with E-state index < -0.39 is 17.6 Å². The fourth-order valence-electron chi connectivity index (χ4n) is 2.51. The fraction of sp³-hybridized carbons (Fsp3) is 0.158. The number of thioether (sulfide) groups is 1. The molecule has 1 aromatic heterocycles. The Balaban J connectivity index is 1.71.